The van der Waals surface area contributed by atoms with Gasteiger partial charge in [0.1, 0.15) is 29.3 Å². The Bertz CT molecular complexity index is 1650. The molecule has 11 nitrogen and oxygen atoms in total. The molecule has 1 aliphatic rings. The number of nitrogens with zero attached hydrogens (tertiary/aromatic N) is 3. The number of carboxylic acid groups (broad SMARTS) is 1. The van der Waals surface area contributed by atoms with E-state index in [9.17, 15) is 19.5 Å². The van der Waals surface area contributed by atoms with E-state index >= 15 is 0 Å². The zero-order valence-electron chi connectivity index (χ0n) is 23.6. The molecule has 12 heteroatoms. The van der Waals surface area contributed by atoms with E-state index < -0.39 is 24.0 Å². The maximum Gasteiger partial charge on any atom is 0.326 e. The Balaban J connectivity index is 1.45. The van der Waals surface area contributed by atoms with Crippen LogP contribution in [0.15, 0.2) is 53.9 Å². The van der Waals surface area contributed by atoms with Crippen LogP contribution < -0.4 is 20.1 Å². The minimum absolute atomic E-state index is 0.0641. The van der Waals surface area contributed by atoms with Gasteiger partial charge in [-0.2, -0.15) is 0 Å². The fraction of sp³-hybridized carbons (Fsp3) is 0.300. The van der Waals surface area contributed by atoms with Gasteiger partial charge in [0.05, 0.1) is 24.9 Å². The second-order valence-electron chi connectivity index (χ2n) is 10.3. The summed E-state index contributed by atoms with van der Waals surface area (Å²) in [4.78, 5) is 47.9. The van der Waals surface area contributed by atoms with Crippen molar-refractivity contribution in [2.24, 2.45) is 0 Å². The van der Waals surface area contributed by atoms with E-state index in [1.807, 2.05) is 25.3 Å². The Kier molecular flexibility index (Phi) is 8.25. The summed E-state index contributed by atoms with van der Waals surface area (Å²) in [5.74, 6) is -0.725. The number of carboxylic acids is 1. The molecule has 2 amide bonds. The van der Waals surface area contributed by atoms with Crippen LogP contribution in [-0.2, 0) is 9.59 Å². The van der Waals surface area contributed by atoms with Gasteiger partial charge in [-0.25, -0.2) is 14.8 Å². The molecule has 2 aromatic carbocycles. The molecule has 0 aliphatic carbocycles. The van der Waals surface area contributed by atoms with Gasteiger partial charge in [0.15, 0.2) is 5.13 Å². The molecule has 4 aromatic rings. The molecule has 2 aromatic heterocycles. The number of benzene rings is 2. The predicted octanol–water partition coefficient (Wildman–Crippen LogP) is 4.89. The number of methoxy groups -OCH3 is 1. The number of carbonyl (C=O) groups excluding carboxylic acids is 2. The SMILES string of the molecule is COc1ccc2c(O[C@@H]3C[C@@H](C(=O)O)N(C(=O)c4cccc(NC(C)=O)c4)C3)cc(-c3csc(NC(C)C)n3)nc2c1. The van der Waals surface area contributed by atoms with Crippen molar-refractivity contribution in [3.63, 3.8) is 0 Å². The van der Waals surface area contributed by atoms with Gasteiger partial charge in [-0.3, -0.25) is 9.59 Å². The number of thiazole rings is 1. The van der Waals surface area contributed by atoms with Crippen molar-refractivity contribution in [3.05, 3.63) is 59.5 Å². The molecule has 1 fully saturated rings. The number of hydrogen-bond acceptors (Lipinski definition) is 9. The summed E-state index contributed by atoms with van der Waals surface area (Å²) in [5.41, 5.74) is 2.61. The zero-order chi connectivity index (χ0) is 30.0. The minimum Gasteiger partial charge on any atom is -0.497 e. The second kappa shape index (κ2) is 12.0. The van der Waals surface area contributed by atoms with Gasteiger partial charge < -0.3 is 30.1 Å². The van der Waals surface area contributed by atoms with E-state index in [0.29, 0.717) is 34.1 Å². The van der Waals surface area contributed by atoms with Gasteiger partial charge in [-0.15, -0.1) is 11.3 Å². The number of likely N-dealkylation sites (tertiary alicyclic amines) is 1. The van der Waals surface area contributed by atoms with Crippen LogP contribution in [0.25, 0.3) is 22.3 Å². The average Bonchev–Trinajstić information content (AvgIpc) is 3.59. The first-order chi connectivity index (χ1) is 20.1. The number of rotatable bonds is 9. The molecule has 0 saturated carbocycles. The Morgan fingerprint density at radius 2 is 1.90 bits per heavy atom. The molecule has 0 radical (unpaired) electrons. The summed E-state index contributed by atoms with van der Waals surface area (Å²) < 4.78 is 11.8. The van der Waals surface area contributed by atoms with E-state index in [0.717, 1.165) is 10.5 Å². The zero-order valence-corrected chi connectivity index (χ0v) is 24.4. The molecule has 42 heavy (non-hydrogen) atoms. The predicted molar refractivity (Wildman–Crippen MR) is 160 cm³/mol. The summed E-state index contributed by atoms with van der Waals surface area (Å²) in [5, 5.41) is 19.3. The standard InChI is InChI=1S/C30H31N5O6S/c1-16(2)31-30-34-25(15-42-30)24-13-27(22-9-8-20(40-4)11-23(22)33-24)41-21-12-26(29(38)39)35(14-21)28(37)18-6-5-7-19(10-18)32-17(3)36/h5-11,13,15-16,21,26H,12,14H2,1-4H3,(H,31,34)(H,32,36)(H,38,39)/t21-,26+/m1/s1. The van der Waals surface area contributed by atoms with Crippen molar-refractivity contribution >= 4 is 50.8 Å². The van der Waals surface area contributed by atoms with Gasteiger partial charge in [0.2, 0.25) is 5.91 Å². The van der Waals surface area contributed by atoms with Crippen LogP contribution in [-0.4, -0.2) is 69.6 Å². The Labute approximate surface area is 246 Å². The van der Waals surface area contributed by atoms with E-state index in [-0.39, 0.29) is 30.5 Å². The number of aromatic nitrogens is 2. The molecule has 3 heterocycles. The number of pyridine rings is 1. The molecule has 2 atom stereocenters. The molecule has 5 rings (SSSR count). The summed E-state index contributed by atoms with van der Waals surface area (Å²) in [6, 6.07) is 12.8. The third kappa shape index (κ3) is 6.28. The molecule has 0 bridgehead atoms. The van der Waals surface area contributed by atoms with Gasteiger partial charge in [0, 0.05) is 53.5 Å². The third-order valence-electron chi connectivity index (χ3n) is 6.69. The van der Waals surface area contributed by atoms with Crippen molar-refractivity contribution < 1.29 is 29.0 Å². The highest BCUT2D eigenvalue weighted by Crippen LogP contribution is 2.35. The van der Waals surface area contributed by atoms with Gasteiger partial charge in [0.25, 0.3) is 5.91 Å². The van der Waals surface area contributed by atoms with Gasteiger partial charge in [-0.05, 0) is 44.2 Å². The van der Waals surface area contributed by atoms with Gasteiger partial charge >= 0.3 is 5.97 Å². The third-order valence-corrected chi connectivity index (χ3v) is 7.46. The molecular formula is C30H31N5O6S. The van der Waals surface area contributed by atoms with Crippen LogP contribution >= 0.6 is 11.3 Å². The van der Waals surface area contributed by atoms with Crippen LogP contribution in [0.5, 0.6) is 11.5 Å². The normalized spacial score (nSPS) is 16.5. The highest BCUT2D eigenvalue weighted by molar-refractivity contribution is 7.14. The molecule has 218 valence electrons. The number of aliphatic carboxylic acids is 1. The highest BCUT2D eigenvalue weighted by Gasteiger charge is 2.41. The van der Waals surface area contributed by atoms with Gasteiger partial charge in [-0.1, -0.05) is 6.07 Å². The van der Waals surface area contributed by atoms with Crippen LogP contribution in [0.4, 0.5) is 10.8 Å². The first-order valence-electron chi connectivity index (χ1n) is 13.4. The Morgan fingerprint density at radius 1 is 1.10 bits per heavy atom. The summed E-state index contributed by atoms with van der Waals surface area (Å²) in [7, 11) is 1.58. The lowest BCUT2D eigenvalue weighted by molar-refractivity contribution is -0.141. The van der Waals surface area contributed by atoms with E-state index in [1.165, 1.54) is 29.2 Å². The van der Waals surface area contributed by atoms with Crippen molar-refractivity contribution in [2.75, 3.05) is 24.3 Å². The molecule has 1 aliphatic heterocycles. The van der Waals surface area contributed by atoms with Crippen LogP contribution in [0.3, 0.4) is 0 Å². The first kappa shape index (κ1) is 28.8. The lowest BCUT2D eigenvalue weighted by Crippen LogP contribution is -2.40. The summed E-state index contributed by atoms with van der Waals surface area (Å²) in [6.45, 7) is 5.51. The number of anilines is 2. The average molecular weight is 590 g/mol. The first-order valence-corrected chi connectivity index (χ1v) is 14.3. The Morgan fingerprint density at radius 3 is 2.62 bits per heavy atom. The lowest BCUT2D eigenvalue weighted by Gasteiger charge is -2.21. The van der Waals surface area contributed by atoms with E-state index in [2.05, 4.69) is 15.6 Å². The monoisotopic (exact) mass is 589 g/mol. The second-order valence-corrected chi connectivity index (χ2v) is 11.1. The lowest BCUT2D eigenvalue weighted by atomic mass is 10.1. The molecule has 0 unspecified atom stereocenters. The molecule has 3 N–H and O–H groups in total. The summed E-state index contributed by atoms with van der Waals surface area (Å²) in [6.07, 6.45) is -0.497. The molecule has 0 spiro atoms. The quantitative estimate of drug-likeness (QED) is 0.249. The van der Waals surface area contributed by atoms with Crippen molar-refractivity contribution in [2.45, 2.75) is 45.4 Å². The minimum atomic E-state index is -1.12. The Hall–Kier alpha value is -4.71. The number of hydrogen-bond donors (Lipinski definition) is 3. The van der Waals surface area contributed by atoms with Crippen LogP contribution in [0.1, 0.15) is 37.6 Å². The maximum atomic E-state index is 13.5. The van der Waals surface area contributed by atoms with Crippen molar-refractivity contribution in [1.82, 2.24) is 14.9 Å². The summed E-state index contributed by atoms with van der Waals surface area (Å²) >= 11 is 1.47. The topological polar surface area (TPSA) is 143 Å². The highest BCUT2D eigenvalue weighted by atomic mass is 32.1. The molecular weight excluding hydrogens is 558 g/mol. The fourth-order valence-electron chi connectivity index (χ4n) is 4.86. The largest absolute Gasteiger partial charge is 0.497 e. The smallest absolute Gasteiger partial charge is 0.326 e. The fourth-order valence-corrected chi connectivity index (χ4v) is 5.71. The van der Waals surface area contributed by atoms with Crippen LogP contribution in [0.2, 0.25) is 0 Å². The van der Waals surface area contributed by atoms with Crippen LogP contribution in [0, 0.1) is 0 Å². The van der Waals surface area contributed by atoms with Crippen molar-refractivity contribution in [3.8, 4) is 22.9 Å². The number of ether oxygens (including phenoxy) is 2. The van der Waals surface area contributed by atoms with E-state index in [1.54, 1.807) is 43.5 Å². The maximum absolute atomic E-state index is 13.5. The number of amides is 2. The number of fused-ring (bicyclic) bond motifs is 1. The molecule has 1 saturated heterocycles. The van der Waals surface area contributed by atoms with E-state index in [4.69, 9.17) is 14.5 Å². The number of nitrogens with one attached hydrogen (secondary N) is 2. The van der Waals surface area contributed by atoms with Crippen molar-refractivity contribution in [1.29, 1.82) is 0 Å². The number of carbonyl (C=O) groups is 3.